The van der Waals surface area contributed by atoms with Crippen LogP contribution in [0.1, 0.15) is 117 Å². The second-order valence-corrected chi connectivity index (χ2v) is 24.4. The Morgan fingerprint density at radius 2 is 0.667 bits per heavy atom. The van der Waals surface area contributed by atoms with Crippen molar-refractivity contribution in [2.45, 2.75) is 134 Å². The molecule has 3 aliphatic heterocycles. The number of rotatable bonds is 3. The Morgan fingerprint density at radius 1 is 0.444 bits per heavy atom. The van der Waals surface area contributed by atoms with E-state index in [1.165, 1.54) is 0 Å². The summed E-state index contributed by atoms with van der Waals surface area (Å²) in [4.78, 5) is 40.5. The molecule has 9 heterocycles. The van der Waals surface area contributed by atoms with E-state index in [1.54, 1.807) is 72.5 Å². The molecule has 18 nitrogen and oxygen atoms in total. The Hall–Kier alpha value is -6.60. The summed E-state index contributed by atoms with van der Waals surface area (Å²) in [6, 6.07) is 6.41. The van der Waals surface area contributed by atoms with Gasteiger partial charge >= 0.3 is 0 Å². The van der Waals surface area contributed by atoms with Crippen molar-refractivity contribution in [2.75, 3.05) is 17.3 Å². The molecular weight excluding hydrogens is 961 g/mol. The first-order valence-electron chi connectivity index (χ1n) is 23.6. The van der Waals surface area contributed by atoms with Crippen molar-refractivity contribution < 1.29 is 0 Å². The summed E-state index contributed by atoms with van der Waals surface area (Å²) in [6.07, 6.45) is 10.2. The number of hydrogen-bond donors (Lipinski definition) is 3. The summed E-state index contributed by atoms with van der Waals surface area (Å²) in [6.45, 7) is 27.1. The van der Waals surface area contributed by atoms with Crippen molar-refractivity contribution in [1.82, 2.24) is 58.6 Å². The molecule has 0 bridgehead atoms. The number of aromatic nitrogens is 12. The van der Waals surface area contributed by atoms with Crippen LogP contribution in [0.5, 0.6) is 0 Å². The lowest BCUT2D eigenvalue weighted by molar-refractivity contribution is 0.452. The molecule has 9 rings (SSSR count). The Labute approximate surface area is 432 Å². The van der Waals surface area contributed by atoms with Gasteiger partial charge in [-0.05, 0) is 17.8 Å². The van der Waals surface area contributed by atoms with Crippen LogP contribution in [0.25, 0.3) is 33.8 Å². The van der Waals surface area contributed by atoms with Gasteiger partial charge in [0.2, 0.25) is 0 Å². The van der Waals surface area contributed by atoms with E-state index >= 15 is 0 Å². The van der Waals surface area contributed by atoms with Crippen LogP contribution in [0.2, 0.25) is 0 Å². The van der Waals surface area contributed by atoms with Gasteiger partial charge in [-0.3, -0.25) is 16.2 Å². The van der Waals surface area contributed by atoms with E-state index < -0.39 is 0 Å². The van der Waals surface area contributed by atoms with Crippen molar-refractivity contribution >= 4 is 35.3 Å². The first kappa shape index (κ1) is 53.2. The highest BCUT2D eigenvalue weighted by Crippen LogP contribution is 2.32. The van der Waals surface area contributed by atoms with Crippen molar-refractivity contribution in [1.29, 1.82) is 32.0 Å². The predicted molar refractivity (Wildman–Crippen MR) is 277 cm³/mol. The van der Waals surface area contributed by atoms with Gasteiger partial charge in [0, 0.05) is 107 Å². The van der Waals surface area contributed by atoms with Crippen LogP contribution in [0.3, 0.4) is 0 Å². The number of hydrogen-bond acceptors (Lipinski definition) is 18. The maximum Gasteiger partial charge on any atom is 0.170 e. The molecule has 0 radical (unpaired) electrons. The van der Waals surface area contributed by atoms with Crippen molar-refractivity contribution in [3.63, 3.8) is 0 Å². The van der Waals surface area contributed by atoms with Gasteiger partial charge < -0.3 is 13.7 Å². The van der Waals surface area contributed by atoms with E-state index in [9.17, 15) is 15.8 Å². The molecule has 3 N–H and O–H groups in total. The minimum Gasteiger partial charge on any atom is -0.304 e. The van der Waals surface area contributed by atoms with Gasteiger partial charge in [0.25, 0.3) is 0 Å². The lowest BCUT2D eigenvalue weighted by atomic mass is 9.95. The van der Waals surface area contributed by atoms with E-state index in [4.69, 9.17) is 16.2 Å². The Bertz CT molecular complexity index is 2960. The molecule has 6 aromatic rings. The molecule has 3 aliphatic rings. The summed E-state index contributed by atoms with van der Waals surface area (Å²) >= 11 is 4.88. The second kappa shape index (κ2) is 21.2. The molecular formula is C51H60N18S3. The van der Waals surface area contributed by atoms with E-state index in [-0.39, 0.29) is 49.4 Å². The van der Waals surface area contributed by atoms with Gasteiger partial charge in [0.1, 0.15) is 68.8 Å². The standard InChI is InChI=1S/3C17H20N6S/c3*1-10-8-23-14(19)12(5-18)13(22-16(23)24-9-10)11-6-20-15(21-7-11)17(2,3)4/h3*6-7,10,19H,8-9H2,1-4H3/t2*10-;/m10./s1. The fourth-order valence-electron chi connectivity index (χ4n) is 7.70. The molecule has 372 valence electrons. The third kappa shape index (κ3) is 11.5. The first-order valence-corrected chi connectivity index (χ1v) is 26.5. The maximum atomic E-state index is 9.54. The van der Waals surface area contributed by atoms with Gasteiger partial charge in [-0.2, -0.15) is 15.8 Å². The first-order chi connectivity index (χ1) is 33.9. The Balaban J connectivity index is 0.000000158. The molecule has 3 atom stereocenters. The lowest BCUT2D eigenvalue weighted by Crippen LogP contribution is -2.32. The molecule has 0 spiro atoms. The van der Waals surface area contributed by atoms with Crippen LogP contribution < -0.4 is 16.5 Å². The fraction of sp³-hybridized carbons (Fsp3) is 0.471. The molecule has 0 amide bonds. The third-order valence-electron chi connectivity index (χ3n) is 11.6. The van der Waals surface area contributed by atoms with E-state index in [2.05, 4.69) is 146 Å². The quantitative estimate of drug-likeness (QED) is 0.141. The topological polar surface area (TPSA) is 274 Å². The monoisotopic (exact) mass is 1020 g/mol. The summed E-state index contributed by atoms with van der Waals surface area (Å²) in [7, 11) is 0. The number of thioether (sulfide) groups is 3. The predicted octanol–water partition coefficient (Wildman–Crippen LogP) is 8.19. The number of fused-ring (bicyclic) bond motifs is 3. The van der Waals surface area contributed by atoms with E-state index in [0.29, 0.717) is 51.5 Å². The van der Waals surface area contributed by atoms with Gasteiger partial charge in [-0.1, -0.05) is 118 Å². The van der Waals surface area contributed by atoms with Crippen LogP contribution in [-0.2, 0) is 35.9 Å². The molecule has 0 aromatic carbocycles. The van der Waals surface area contributed by atoms with Gasteiger partial charge in [-0.15, -0.1) is 0 Å². The fourth-order valence-corrected chi connectivity index (χ4v) is 10.8. The zero-order valence-corrected chi connectivity index (χ0v) is 45.3. The highest BCUT2D eigenvalue weighted by molar-refractivity contribution is 7.99. The zero-order valence-electron chi connectivity index (χ0n) is 42.9. The molecule has 0 saturated heterocycles. The number of nitriles is 3. The average Bonchev–Trinajstić information content (AvgIpc) is 3.34. The molecule has 0 saturated carbocycles. The third-order valence-corrected chi connectivity index (χ3v) is 15.6. The van der Waals surface area contributed by atoms with Crippen LogP contribution in [0.15, 0.2) is 52.7 Å². The highest BCUT2D eigenvalue weighted by atomic mass is 32.2. The molecule has 72 heavy (non-hydrogen) atoms. The van der Waals surface area contributed by atoms with Crippen LogP contribution in [0.4, 0.5) is 0 Å². The summed E-state index contributed by atoms with van der Waals surface area (Å²) < 4.78 is 5.47. The Morgan fingerprint density at radius 3 is 0.861 bits per heavy atom. The van der Waals surface area contributed by atoms with Crippen LogP contribution >= 0.6 is 35.3 Å². The zero-order chi connectivity index (χ0) is 52.4. The average molecular weight is 1020 g/mol. The summed E-state index contributed by atoms with van der Waals surface area (Å²) in [5.41, 5.74) is 4.60. The van der Waals surface area contributed by atoms with Crippen LogP contribution in [0, 0.1) is 68.0 Å². The number of nitrogens with one attached hydrogen (secondary N) is 3. The highest BCUT2D eigenvalue weighted by Gasteiger charge is 2.27. The normalized spacial score (nSPS) is 17.2. The molecule has 1 unspecified atom stereocenters. The number of nitrogens with zero attached hydrogens (tertiary/aromatic N) is 15. The summed E-state index contributed by atoms with van der Waals surface area (Å²) in [5, 5.41) is 56.2. The molecule has 0 fully saturated rings. The Kier molecular flexibility index (Phi) is 15.7. The molecule has 21 heteroatoms. The van der Waals surface area contributed by atoms with Crippen molar-refractivity contribution in [2.24, 2.45) is 17.8 Å². The van der Waals surface area contributed by atoms with E-state index in [0.717, 1.165) is 69.8 Å². The largest absolute Gasteiger partial charge is 0.304 e. The van der Waals surface area contributed by atoms with Gasteiger partial charge in [0.15, 0.2) is 15.5 Å². The van der Waals surface area contributed by atoms with Crippen molar-refractivity contribution in [3.8, 4) is 52.0 Å². The molecule has 6 aromatic heterocycles. The van der Waals surface area contributed by atoms with Gasteiger partial charge in [-0.25, -0.2) is 44.9 Å². The molecule has 0 aliphatic carbocycles. The second-order valence-electron chi connectivity index (χ2n) is 21.5. The SMILES string of the molecule is CC1CSc2nc(-c3cnc(C(C)(C)C)nc3)c(C#N)c(=N)n2C1.C[C@@H]1CSc2nc(-c3cnc(C(C)(C)C)nc3)c(C#N)c(=N)n2C1.C[C@H]1CSc2nc(-c3cnc(C(C)(C)C)nc3)c(C#N)c(=N)n2C1. The van der Waals surface area contributed by atoms with E-state index in [1.807, 2.05) is 13.7 Å². The minimum atomic E-state index is -0.137. The lowest BCUT2D eigenvalue weighted by Gasteiger charge is -2.24. The maximum absolute atomic E-state index is 9.54. The minimum absolute atomic E-state index is 0.137. The summed E-state index contributed by atoms with van der Waals surface area (Å²) in [5.74, 6) is 6.52. The smallest absolute Gasteiger partial charge is 0.170 e. The van der Waals surface area contributed by atoms with Crippen molar-refractivity contribution in [3.05, 3.63) is 87.8 Å². The van der Waals surface area contributed by atoms with Gasteiger partial charge in [0.05, 0.1) is 17.1 Å². The van der Waals surface area contributed by atoms with Crippen LogP contribution in [-0.4, -0.2) is 75.8 Å².